The Morgan fingerprint density at radius 1 is 1.05 bits per heavy atom. The third-order valence-corrected chi connectivity index (χ3v) is 8.62. The lowest BCUT2D eigenvalue weighted by molar-refractivity contribution is 0.0374. The summed E-state index contributed by atoms with van der Waals surface area (Å²) >= 11 is 3.25. The van der Waals surface area contributed by atoms with E-state index in [-0.39, 0.29) is 29.0 Å². The summed E-state index contributed by atoms with van der Waals surface area (Å²) in [6, 6.07) is 11.9. The van der Waals surface area contributed by atoms with Crippen LogP contribution in [0.2, 0.25) is 0 Å². The molecule has 2 aromatic heterocycles. The predicted octanol–water partition coefficient (Wildman–Crippen LogP) is 4.58. The molecule has 0 bridgehead atoms. The molecule has 210 valence electrons. The van der Waals surface area contributed by atoms with Gasteiger partial charge in [-0.2, -0.15) is 0 Å². The number of carbonyl (C=O) groups is 1. The van der Waals surface area contributed by atoms with E-state index in [9.17, 15) is 14.0 Å². The molecule has 1 amide bonds. The largest absolute Gasteiger partial charge is 0.335 e. The number of aromatic nitrogens is 5. The molecule has 5 rings (SSSR count). The van der Waals surface area contributed by atoms with Crippen LogP contribution in [-0.2, 0) is 5.54 Å². The van der Waals surface area contributed by atoms with Gasteiger partial charge in [0.25, 0.3) is 11.5 Å². The van der Waals surface area contributed by atoms with E-state index in [1.165, 1.54) is 16.8 Å². The highest BCUT2D eigenvalue weighted by molar-refractivity contribution is 9.10. The number of aryl methyl sites for hydroxylation is 2. The minimum absolute atomic E-state index is 0.123. The molecule has 1 aliphatic rings. The molecule has 1 saturated heterocycles. The number of piperazine rings is 1. The number of aromatic amines is 1. The summed E-state index contributed by atoms with van der Waals surface area (Å²) in [5.74, 6) is -0.498. The predicted molar refractivity (Wildman–Crippen MR) is 154 cm³/mol. The maximum atomic E-state index is 13.7. The highest BCUT2D eigenvalue weighted by Gasteiger charge is 2.35. The van der Waals surface area contributed by atoms with E-state index in [1.807, 2.05) is 45.2 Å². The van der Waals surface area contributed by atoms with Crippen LogP contribution in [0.4, 0.5) is 4.39 Å². The summed E-state index contributed by atoms with van der Waals surface area (Å²) in [4.78, 5) is 30.0. The molecule has 0 unspecified atom stereocenters. The smallest absolute Gasteiger partial charge is 0.272 e. The highest BCUT2D eigenvalue weighted by atomic mass is 79.9. The van der Waals surface area contributed by atoms with Crippen LogP contribution >= 0.6 is 15.9 Å². The number of rotatable bonds is 6. The van der Waals surface area contributed by atoms with E-state index in [2.05, 4.69) is 50.1 Å². The van der Waals surface area contributed by atoms with Crippen molar-refractivity contribution in [3.8, 4) is 5.69 Å². The molecule has 40 heavy (non-hydrogen) atoms. The maximum absolute atomic E-state index is 13.7. The van der Waals surface area contributed by atoms with Crippen LogP contribution in [0.3, 0.4) is 0 Å². The van der Waals surface area contributed by atoms with E-state index in [0.29, 0.717) is 36.3 Å². The summed E-state index contributed by atoms with van der Waals surface area (Å²) in [6.07, 6.45) is 1.93. The first kappa shape index (κ1) is 28.0. The lowest BCUT2D eigenvalue weighted by Crippen LogP contribution is -2.54. The summed E-state index contributed by atoms with van der Waals surface area (Å²) < 4.78 is 17.3. The van der Waals surface area contributed by atoms with Gasteiger partial charge in [-0.25, -0.2) is 13.8 Å². The standard InChI is InChI=1S/C29H33BrFN7O2/c1-18-6-8-22(14-19(18)2)38-27(39)16-25(33-38)28(40)35-10-12-36(13-11-35)29(4,5)26-17-37(34-32-26)20(3)21-7-9-24(31)23(30)15-21/h6-9,14-17,20,33H,10-13H2,1-5H3/t20-/m0/s1. The second-order valence-electron chi connectivity index (χ2n) is 10.9. The number of hydrogen-bond acceptors (Lipinski definition) is 5. The molecule has 11 heteroatoms. The van der Waals surface area contributed by atoms with Crippen molar-refractivity contribution >= 4 is 21.8 Å². The second kappa shape index (κ2) is 10.8. The zero-order valence-electron chi connectivity index (χ0n) is 23.3. The van der Waals surface area contributed by atoms with Gasteiger partial charge in [0.1, 0.15) is 17.2 Å². The minimum Gasteiger partial charge on any atom is -0.335 e. The summed E-state index contributed by atoms with van der Waals surface area (Å²) in [5, 5.41) is 11.8. The monoisotopic (exact) mass is 609 g/mol. The summed E-state index contributed by atoms with van der Waals surface area (Å²) in [5.41, 5.74) is 4.23. The number of nitrogens with zero attached hydrogens (tertiary/aromatic N) is 6. The van der Waals surface area contributed by atoms with Crippen molar-refractivity contribution in [3.63, 3.8) is 0 Å². The third kappa shape index (κ3) is 5.27. The fourth-order valence-corrected chi connectivity index (χ4v) is 5.43. The van der Waals surface area contributed by atoms with Crippen LogP contribution in [0, 0.1) is 19.7 Å². The van der Waals surface area contributed by atoms with Gasteiger partial charge in [-0.05, 0) is 91.5 Å². The number of H-pyrrole nitrogens is 1. The van der Waals surface area contributed by atoms with Crippen LogP contribution in [0.5, 0.6) is 0 Å². The van der Waals surface area contributed by atoms with Crippen LogP contribution < -0.4 is 5.56 Å². The summed E-state index contributed by atoms with van der Waals surface area (Å²) in [6.45, 7) is 12.5. The normalized spacial score (nSPS) is 15.4. The Kier molecular flexibility index (Phi) is 7.54. The molecule has 0 saturated carbocycles. The number of nitrogens with one attached hydrogen (secondary N) is 1. The molecule has 2 aromatic carbocycles. The van der Waals surface area contributed by atoms with Crippen LogP contribution in [-0.4, -0.2) is 66.7 Å². The number of benzene rings is 2. The Hall–Kier alpha value is -3.57. The fraction of sp³-hybridized carbons (Fsp3) is 0.379. The van der Waals surface area contributed by atoms with Crippen LogP contribution in [0.1, 0.15) is 59.7 Å². The Morgan fingerprint density at radius 2 is 1.77 bits per heavy atom. The van der Waals surface area contributed by atoms with E-state index >= 15 is 0 Å². The molecule has 1 atom stereocenters. The topological polar surface area (TPSA) is 92.1 Å². The summed E-state index contributed by atoms with van der Waals surface area (Å²) in [7, 11) is 0. The van der Waals surface area contributed by atoms with Gasteiger partial charge in [0, 0.05) is 32.2 Å². The molecule has 0 spiro atoms. The molecule has 0 aliphatic carbocycles. The van der Waals surface area contributed by atoms with Crippen molar-refractivity contribution in [2.45, 2.75) is 46.2 Å². The zero-order chi connectivity index (χ0) is 28.8. The first-order chi connectivity index (χ1) is 19.0. The second-order valence-corrected chi connectivity index (χ2v) is 11.7. The van der Waals surface area contributed by atoms with Crippen molar-refractivity contribution in [2.75, 3.05) is 26.2 Å². The van der Waals surface area contributed by atoms with Gasteiger partial charge in [-0.1, -0.05) is 17.3 Å². The Labute approximate surface area is 240 Å². The van der Waals surface area contributed by atoms with Crippen molar-refractivity contribution < 1.29 is 9.18 Å². The van der Waals surface area contributed by atoms with E-state index < -0.39 is 5.54 Å². The van der Waals surface area contributed by atoms with Crippen LogP contribution in [0.25, 0.3) is 5.69 Å². The number of halogens is 2. The molecular formula is C29H33BrFN7O2. The van der Waals surface area contributed by atoms with Gasteiger partial charge in [0.05, 0.1) is 27.9 Å². The van der Waals surface area contributed by atoms with Crippen molar-refractivity contribution in [3.05, 3.63) is 97.4 Å². The lowest BCUT2D eigenvalue weighted by atomic mass is 9.97. The van der Waals surface area contributed by atoms with Gasteiger partial charge in [0.15, 0.2) is 0 Å². The Morgan fingerprint density at radius 3 is 2.45 bits per heavy atom. The van der Waals surface area contributed by atoms with Crippen molar-refractivity contribution in [2.24, 2.45) is 0 Å². The highest BCUT2D eigenvalue weighted by Crippen LogP contribution is 2.29. The quantitative estimate of drug-likeness (QED) is 0.345. The first-order valence-electron chi connectivity index (χ1n) is 13.3. The molecule has 1 aliphatic heterocycles. The zero-order valence-corrected chi connectivity index (χ0v) is 24.9. The van der Waals surface area contributed by atoms with Gasteiger partial charge >= 0.3 is 0 Å². The van der Waals surface area contributed by atoms with Gasteiger partial charge in [-0.3, -0.25) is 19.6 Å². The van der Waals surface area contributed by atoms with E-state index in [0.717, 1.165) is 22.4 Å². The number of carbonyl (C=O) groups excluding carboxylic acids is 1. The minimum atomic E-state index is -0.419. The van der Waals surface area contributed by atoms with Gasteiger partial charge in [-0.15, -0.1) is 5.10 Å². The Bertz CT molecular complexity index is 1610. The average Bonchev–Trinajstić information content (AvgIpc) is 3.59. The van der Waals surface area contributed by atoms with Crippen molar-refractivity contribution in [1.29, 1.82) is 0 Å². The fourth-order valence-electron chi connectivity index (χ4n) is 5.03. The molecule has 3 heterocycles. The first-order valence-corrected chi connectivity index (χ1v) is 14.1. The molecule has 1 N–H and O–H groups in total. The van der Waals surface area contributed by atoms with Crippen molar-refractivity contribution in [1.82, 2.24) is 34.6 Å². The van der Waals surface area contributed by atoms with E-state index in [4.69, 9.17) is 0 Å². The molecule has 4 aromatic rings. The maximum Gasteiger partial charge on any atom is 0.272 e. The molecule has 0 radical (unpaired) electrons. The number of amides is 1. The molecule has 9 nitrogen and oxygen atoms in total. The van der Waals surface area contributed by atoms with E-state index in [1.54, 1.807) is 21.7 Å². The van der Waals surface area contributed by atoms with Gasteiger partial charge in [0.2, 0.25) is 0 Å². The Balaban J connectivity index is 1.25. The molecule has 1 fully saturated rings. The van der Waals surface area contributed by atoms with Crippen LogP contribution in [0.15, 0.2) is 57.9 Å². The van der Waals surface area contributed by atoms with Gasteiger partial charge < -0.3 is 4.90 Å². The average molecular weight is 611 g/mol. The molecular weight excluding hydrogens is 577 g/mol. The number of hydrogen-bond donors (Lipinski definition) is 1. The SMILES string of the molecule is Cc1ccc(-n2[nH]c(C(=O)N3CCN(C(C)(C)c4cn([C@@H](C)c5ccc(F)c(Br)c5)nn4)CC3)cc2=O)cc1C. The third-order valence-electron chi connectivity index (χ3n) is 8.02. The lowest BCUT2D eigenvalue weighted by Gasteiger charge is -2.42.